The van der Waals surface area contributed by atoms with Crippen LogP contribution in [0.5, 0.6) is 0 Å². The van der Waals surface area contributed by atoms with Gasteiger partial charge in [-0.3, -0.25) is 4.79 Å². The van der Waals surface area contributed by atoms with E-state index in [9.17, 15) is 4.79 Å². The molecule has 1 amide bonds. The number of carbonyl (C=O) groups is 1. The molecule has 0 bridgehead atoms. The van der Waals surface area contributed by atoms with E-state index in [0.29, 0.717) is 12.2 Å². The summed E-state index contributed by atoms with van der Waals surface area (Å²) in [6, 6.07) is 1.80. The monoisotopic (exact) mass is 267 g/mol. The number of methoxy groups -OCH3 is 1. The second-order valence-electron chi connectivity index (χ2n) is 3.82. The van der Waals surface area contributed by atoms with Gasteiger partial charge in [0.2, 0.25) is 0 Å². The average molecular weight is 267 g/mol. The Labute approximate surface area is 111 Å². The molecular formula is C13H17NO3S. The first kappa shape index (κ1) is 14.7. The van der Waals surface area contributed by atoms with Crippen molar-refractivity contribution < 1.29 is 14.6 Å². The highest BCUT2D eigenvalue weighted by Crippen LogP contribution is 2.13. The highest BCUT2D eigenvalue weighted by atomic mass is 32.1. The zero-order valence-electron chi connectivity index (χ0n) is 10.5. The lowest BCUT2D eigenvalue weighted by atomic mass is 10.2. The molecule has 4 nitrogen and oxygen atoms in total. The molecule has 0 saturated heterocycles. The van der Waals surface area contributed by atoms with Crippen LogP contribution in [-0.2, 0) is 4.74 Å². The summed E-state index contributed by atoms with van der Waals surface area (Å²) in [5, 5.41) is 13.2. The number of rotatable bonds is 5. The smallest absolute Gasteiger partial charge is 0.252 e. The molecule has 0 aliphatic carbocycles. The van der Waals surface area contributed by atoms with Gasteiger partial charge in [-0.05, 0) is 19.4 Å². The molecule has 1 aromatic heterocycles. The van der Waals surface area contributed by atoms with Gasteiger partial charge in [-0.15, -0.1) is 11.3 Å². The summed E-state index contributed by atoms with van der Waals surface area (Å²) in [6.45, 7) is 2.39. The summed E-state index contributed by atoms with van der Waals surface area (Å²) in [7, 11) is 1.64. The topological polar surface area (TPSA) is 58.6 Å². The number of ether oxygens (including phenoxy) is 1. The first-order valence-corrected chi connectivity index (χ1v) is 6.53. The van der Waals surface area contributed by atoms with Crippen LogP contribution in [0, 0.1) is 11.8 Å². The van der Waals surface area contributed by atoms with Crippen molar-refractivity contribution in [1.82, 2.24) is 5.32 Å². The van der Waals surface area contributed by atoms with Gasteiger partial charge in [-0.1, -0.05) is 11.8 Å². The molecule has 0 radical (unpaired) electrons. The minimum atomic E-state index is -0.173. The van der Waals surface area contributed by atoms with Crippen LogP contribution in [0.25, 0.3) is 0 Å². The number of carbonyl (C=O) groups excluding carboxylic acids is 1. The summed E-state index contributed by atoms with van der Waals surface area (Å²) in [6.07, 6.45) is 0.781. The van der Waals surface area contributed by atoms with Gasteiger partial charge in [0.25, 0.3) is 5.91 Å². The fourth-order valence-corrected chi connectivity index (χ4v) is 2.08. The largest absolute Gasteiger partial charge is 0.385 e. The first-order chi connectivity index (χ1) is 8.67. The van der Waals surface area contributed by atoms with Gasteiger partial charge in [0.05, 0.1) is 10.4 Å². The molecule has 0 aliphatic heterocycles. The molecule has 0 aromatic carbocycles. The minimum Gasteiger partial charge on any atom is -0.385 e. The van der Waals surface area contributed by atoms with Gasteiger partial charge in [-0.2, -0.15) is 0 Å². The number of hydrogen-bond donors (Lipinski definition) is 2. The SMILES string of the molecule is COCCC(C)NC(=O)c1csc(C#CCO)c1. The van der Waals surface area contributed by atoms with Gasteiger partial charge in [0.1, 0.15) is 6.61 Å². The lowest BCUT2D eigenvalue weighted by Gasteiger charge is -2.12. The van der Waals surface area contributed by atoms with Gasteiger partial charge < -0.3 is 15.2 Å². The fraction of sp³-hybridized carbons (Fsp3) is 0.462. The van der Waals surface area contributed by atoms with Crippen molar-refractivity contribution in [3.63, 3.8) is 0 Å². The van der Waals surface area contributed by atoms with Crippen LogP contribution >= 0.6 is 11.3 Å². The summed E-state index contributed by atoms with van der Waals surface area (Å²) in [4.78, 5) is 12.6. The van der Waals surface area contributed by atoms with E-state index in [4.69, 9.17) is 9.84 Å². The lowest BCUT2D eigenvalue weighted by molar-refractivity contribution is 0.0930. The predicted octanol–water partition coefficient (Wildman–Crippen LogP) is 1.25. The van der Waals surface area contributed by atoms with E-state index in [2.05, 4.69) is 17.2 Å². The van der Waals surface area contributed by atoms with Crippen LogP contribution in [-0.4, -0.2) is 37.4 Å². The summed E-state index contributed by atoms with van der Waals surface area (Å²) in [5.41, 5.74) is 0.603. The third-order valence-electron chi connectivity index (χ3n) is 2.28. The van der Waals surface area contributed by atoms with Gasteiger partial charge in [0, 0.05) is 25.1 Å². The average Bonchev–Trinajstić information content (AvgIpc) is 2.82. The van der Waals surface area contributed by atoms with Crippen molar-refractivity contribution >= 4 is 17.2 Å². The van der Waals surface area contributed by atoms with E-state index in [1.807, 2.05) is 6.92 Å². The number of amides is 1. The Balaban J connectivity index is 2.53. The molecule has 0 saturated carbocycles. The number of aliphatic hydroxyl groups is 1. The van der Waals surface area contributed by atoms with Gasteiger partial charge >= 0.3 is 0 Å². The molecule has 5 heteroatoms. The molecule has 0 aliphatic rings. The van der Waals surface area contributed by atoms with Crippen LogP contribution < -0.4 is 5.32 Å². The van der Waals surface area contributed by atoms with Crippen LogP contribution in [0.15, 0.2) is 11.4 Å². The second kappa shape index (κ2) is 7.88. The number of hydrogen-bond acceptors (Lipinski definition) is 4. The van der Waals surface area contributed by atoms with Crippen molar-refractivity contribution in [2.75, 3.05) is 20.3 Å². The summed E-state index contributed by atoms with van der Waals surface area (Å²) in [5.74, 6) is 5.22. The van der Waals surface area contributed by atoms with E-state index >= 15 is 0 Å². The molecule has 1 heterocycles. The number of nitrogens with one attached hydrogen (secondary N) is 1. The van der Waals surface area contributed by atoms with Crippen molar-refractivity contribution in [1.29, 1.82) is 0 Å². The zero-order chi connectivity index (χ0) is 13.4. The highest BCUT2D eigenvalue weighted by molar-refractivity contribution is 7.10. The molecule has 98 valence electrons. The molecule has 2 N–H and O–H groups in total. The third-order valence-corrected chi connectivity index (χ3v) is 3.13. The number of aliphatic hydroxyl groups excluding tert-OH is 1. The van der Waals surface area contributed by atoms with E-state index < -0.39 is 0 Å². The standard InChI is InChI=1S/C13H17NO3S/c1-10(5-7-17-2)14-13(16)11-8-12(18-9-11)4-3-6-15/h8-10,15H,5-7H2,1-2H3,(H,14,16). The maximum Gasteiger partial charge on any atom is 0.252 e. The van der Waals surface area contributed by atoms with Gasteiger partial charge in [-0.25, -0.2) is 0 Å². The normalized spacial score (nSPS) is 11.5. The Kier molecular flexibility index (Phi) is 6.44. The Bertz CT molecular complexity index is 445. The molecule has 1 atom stereocenters. The maximum atomic E-state index is 11.9. The Morgan fingerprint density at radius 2 is 2.44 bits per heavy atom. The zero-order valence-corrected chi connectivity index (χ0v) is 11.3. The molecule has 1 unspecified atom stereocenters. The molecular weight excluding hydrogens is 250 g/mol. The second-order valence-corrected chi connectivity index (χ2v) is 4.73. The molecule has 0 spiro atoms. The lowest BCUT2D eigenvalue weighted by Crippen LogP contribution is -2.33. The number of thiophene rings is 1. The van der Waals surface area contributed by atoms with E-state index in [1.165, 1.54) is 11.3 Å². The van der Waals surface area contributed by atoms with Crippen molar-refractivity contribution in [2.24, 2.45) is 0 Å². The fourth-order valence-electron chi connectivity index (χ4n) is 1.32. The van der Waals surface area contributed by atoms with E-state index in [-0.39, 0.29) is 18.6 Å². The molecule has 1 aromatic rings. The Hall–Kier alpha value is -1.35. The van der Waals surface area contributed by atoms with Gasteiger partial charge in [0.15, 0.2) is 0 Å². The molecule has 1 rings (SSSR count). The van der Waals surface area contributed by atoms with Crippen LogP contribution in [0.3, 0.4) is 0 Å². The molecule has 18 heavy (non-hydrogen) atoms. The van der Waals surface area contributed by atoms with E-state index in [1.54, 1.807) is 18.6 Å². The van der Waals surface area contributed by atoms with Crippen molar-refractivity contribution in [2.45, 2.75) is 19.4 Å². The quantitative estimate of drug-likeness (QED) is 0.789. The Morgan fingerprint density at radius 3 is 3.11 bits per heavy atom. The third kappa shape index (κ3) is 4.88. The molecule has 0 fully saturated rings. The van der Waals surface area contributed by atoms with Crippen LogP contribution in [0.4, 0.5) is 0 Å². The van der Waals surface area contributed by atoms with Crippen LogP contribution in [0.2, 0.25) is 0 Å². The van der Waals surface area contributed by atoms with Crippen molar-refractivity contribution in [3.05, 3.63) is 21.9 Å². The summed E-state index contributed by atoms with van der Waals surface area (Å²) < 4.78 is 4.96. The predicted molar refractivity (Wildman–Crippen MR) is 71.7 cm³/mol. The van der Waals surface area contributed by atoms with E-state index in [0.717, 1.165) is 11.3 Å². The Morgan fingerprint density at radius 1 is 1.67 bits per heavy atom. The highest BCUT2D eigenvalue weighted by Gasteiger charge is 2.11. The van der Waals surface area contributed by atoms with Crippen LogP contribution in [0.1, 0.15) is 28.6 Å². The van der Waals surface area contributed by atoms with Crippen molar-refractivity contribution in [3.8, 4) is 11.8 Å². The first-order valence-electron chi connectivity index (χ1n) is 5.65. The minimum absolute atomic E-state index is 0.0734. The maximum absolute atomic E-state index is 11.9. The summed E-state index contributed by atoms with van der Waals surface area (Å²) >= 11 is 1.39.